The van der Waals surface area contributed by atoms with Gasteiger partial charge < -0.3 is 0 Å². The third-order valence-corrected chi connectivity index (χ3v) is 2.69. The monoisotopic (exact) mass is 247 g/mol. The molecule has 0 fully saturated rings. The number of aromatic nitrogens is 3. The largest absolute Gasteiger partial charge is 0.296 e. The van der Waals surface area contributed by atoms with Gasteiger partial charge in [0.25, 0.3) is 0 Å². The summed E-state index contributed by atoms with van der Waals surface area (Å²) in [5, 5.41) is 7.77. The molecule has 1 heterocycles. The number of hydrogen-bond donors (Lipinski definition) is 0. The molecule has 0 bridgehead atoms. The summed E-state index contributed by atoms with van der Waals surface area (Å²) in [6, 6.07) is 6.33. The van der Waals surface area contributed by atoms with Gasteiger partial charge >= 0.3 is 0 Å². The van der Waals surface area contributed by atoms with Crippen molar-refractivity contribution in [2.45, 2.75) is 26.3 Å². The molecule has 0 unspecified atom stereocenters. The minimum absolute atomic E-state index is 0.278. The normalized spacial score (nSPS) is 10.6. The Labute approximate surface area is 104 Å². The standard InChI is InChI=1S/C13H14FN3O/c1-2-4-13-12(9-18)15-16-17(13)8-10-5-3-6-11(14)7-10/h3,5-7,9H,2,4,8H2,1H3. The van der Waals surface area contributed by atoms with Gasteiger partial charge in [-0.3, -0.25) is 4.79 Å². The molecule has 0 atom stereocenters. The van der Waals surface area contributed by atoms with Gasteiger partial charge in [-0.2, -0.15) is 0 Å². The van der Waals surface area contributed by atoms with Crippen LogP contribution in [0.1, 0.15) is 35.1 Å². The first-order valence-corrected chi connectivity index (χ1v) is 5.86. The summed E-state index contributed by atoms with van der Waals surface area (Å²) in [5.74, 6) is -0.278. The van der Waals surface area contributed by atoms with Gasteiger partial charge in [0, 0.05) is 0 Å². The molecule has 0 aliphatic rings. The molecule has 0 aliphatic carbocycles. The molecular weight excluding hydrogens is 233 g/mol. The van der Waals surface area contributed by atoms with Gasteiger partial charge in [0.05, 0.1) is 12.2 Å². The fourth-order valence-corrected chi connectivity index (χ4v) is 1.87. The van der Waals surface area contributed by atoms with Crippen molar-refractivity contribution in [2.24, 2.45) is 0 Å². The average Bonchev–Trinajstić information content (AvgIpc) is 2.72. The number of benzene rings is 1. The summed E-state index contributed by atoms with van der Waals surface area (Å²) in [6.45, 7) is 2.45. The van der Waals surface area contributed by atoms with Crippen LogP contribution in [0.5, 0.6) is 0 Å². The smallest absolute Gasteiger partial charge is 0.172 e. The Bertz CT molecular complexity index is 551. The summed E-state index contributed by atoms with van der Waals surface area (Å²) >= 11 is 0. The molecule has 0 spiro atoms. The highest BCUT2D eigenvalue weighted by molar-refractivity contribution is 5.73. The second-order valence-corrected chi connectivity index (χ2v) is 4.08. The molecule has 1 aromatic heterocycles. The first-order chi connectivity index (χ1) is 8.74. The summed E-state index contributed by atoms with van der Waals surface area (Å²) in [5.41, 5.74) is 1.97. The molecule has 18 heavy (non-hydrogen) atoms. The molecule has 0 amide bonds. The number of rotatable bonds is 5. The van der Waals surface area contributed by atoms with E-state index in [1.807, 2.05) is 13.0 Å². The van der Waals surface area contributed by atoms with E-state index in [2.05, 4.69) is 10.3 Å². The van der Waals surface area contributed by atoms with E-state index in [4.69, 9.17) is 0 Å². The molecule has 94 valence electrons. The van der Waals surface area contributed by atoms with Crippen LogP contribution in [0.25, 0.3) is 0 Å². The third kappa shape index (κ3) is 2.61. The van der Waals surface area contributed by atoms with Crippen LogP contribution in [0.4, 0.5) is 4.39 Å². The lowest BCUT2D eigenvalue weighted by molar-refractivity contribution is 0.111. The van der Waals surface area contributed by atoms with Gasteiger partial charge in [-0.1, -0.05) is 30.7 Å². The van der Waals surface area contributed by atoms with Gasteiger partial charge in [-0.15, -0.1) is 5.10 Å². The van der Waals surface area contributed by atoms with Crippen LogP contribution in [0.2, 0.25) is 0 Å². The van der Waals surface area contributed by atoms with Crippen LogP contribution in [0.15, 0.2) is 24.3 Å². The molecule has 4 nitrogen and oxygen atoms in total. The van der Waals surface area contributed by atoms with E-state index in [0.717, 1.165) is 24.1 Å². The Morgan fingerprint density at radius 1 is 1.44 bits per heavy atom. The molecule has 0 saturated carbocycles. The summed E-state index contributed by atoms with van der Waals surface area (Å²) in [7, 11) is 0. The van der Waals surface area contributed by atoms with E-state index in [-0.39, 0.29) is 5.82 Å². The average molecular weight is 247 g/mol. The maximum atomic E-state index is 13.1. The predicted molar refractivity (Wildman–Crippen MR) is 64.9 cm³/mol. The lowest BCUT2D eigenvalue weighted by atomic mass is 10.2. The van der Waals surface area contributed by atoms with Gasteiger partial charge in [-0.25, -0.2) is 9.07 Å². The molecule has 0 aliphatic heterocycles. The van der Waals surface area contributed by atoms with E-state index < -0.39 is 0 Å². The number of carbonyl (C=O) groups is 1. The summed E-state index contributed by atoms with van der Waals surface area (Å²) in [4.78, 5) is 10.8. The number of hydrogen-bond acceptors (Lipinski definition) is 3. The fraction of sp³-hybridized carbons (Fsp3) is 0.308. The molecule has 2 rings (SSSR count). The third-order valence-electron chi connectivity index (χ3n) is 2.69. The van der Waals surface area contributed by atoms with Gasteiger partial charge in [0.15, 0.2) is 6.29 Å². The maximum absolute atomic E-state index is 13.1. The molecular formula is C13H14FN3O. The zero-order valence-electron chi connectivity index (χ0n) is 10.1. The van der Waals surface area contributed by atoms with Crippen molar-refractivity contribution >= 4 is 6.29 Å². The topological polar surface area (TPSA) is 47.8 Å². The Kier molecular flexibility index (Phi) is 3.82. The highest BCUT2D eigenvalue weighted by Gasteiger charge is 2.11. The van der Waals surface area contributed by atoms with Crippen LogP contribution < -0.4 is 0 Å². The zero-order valence-corrected chi connectivity index (χ0v) is 10.1. The fourth-order valence-electron chi connectivity index (χ4n) is 1.87. The van der Waals surface area contributed by atoms with Crippen molar-refractivity contribution in [1.82, 2.24) is 15.0 Å². The minimum Gasteiger partial charge on any atom is -0.296 e. The molecule has 2 aromatic rings. The number of aldehydes is 1. The molecule has 1 aromatic carbocycles. The highest BCUT2D eigenvalue weighted by Crippen LogP contribution is 2.11. The maximum Gasteiger partial charge on any atom is 0.172 e. The van der Waals surface area contributed by atoms with Crippen LogP contribution >= 0.6 is 0 Å². The van der Waals surface area contributed by atoms with Gasteiger partial charge in [0.2, 0.25) is 0 Å². The molecule has 5 heteroatoms. The molecule has 0 saturated heterocycles. The lowest BCUT2D eigenvalue weighted by Crippen LogP contribution is -2.07. The number of carbonyl (C=O) groups excluding carboxylic acids is 1. The zero-order chi connectivity index (χ0) is 13.0. The van der Waals surface area contributed by atoms with Crippen LogP contribution in [-0.2, 0) is 13.0 Å². The quantitative estimate of drug-likeness (QED) is 0.761. The van der Waals surface area contributed by atoms with Gasteiger partial charge in [0.1, 0.15) is 11.5 Å². The van der Waals surface area contributed by atoms with Crippen molar-refractivity contribution in [3.63, 3.8) is 0 Å². The Morgan fingerprint density at radius 2 is 2.28 bits per heavy atom. The Hall–Kier alpha value is -2.04. The van der Waals surface area contributed by atoms with Gasteiger partial charge in [-0.05, 0) is 24.1 Å². The number of halogens is 1. The lowest BCUT2D eigenvalue weighted by Gasteiger charge is -2.06. The summed E-state index contributed by atoms with van der Waals surface area (Å²) < 4.78 is 14.7. The van der Waals surface area contributed by atoms with E-state index in [9.17, 15) is 9.18 Å². The van der Waals surface area contributed by atoms with Crippen molar-refractivity contribution in [2.75, 3.05) is 0 Å². The first-order valence-electron chi connectivity index (χ1n) is 5.86. The van der Waals surface area contributed by atoms with Crippen molar-refractivity contribution < 1.29 is 9.18 Å². The van der Waals surface area contributed by atoms with Crippen LogP contribution in [0.3, 0.4) is 0 Å². The highest BCUT2D eigenvalue weighted by atomic mass is 19.1. The molecule has 0 N–H and O–H groups in total. The molecule has 0 radical (unpaired) electrons. The SMILES string of the molecule is CCCc1c(C=O)nnn1Cc1cccc(F)c1. The van der Waals surface area contributed by atoms with E-state index in [0.29, 0.717) is 18.5 Å². The Balaban J connectivity index is 2.28. The van der Waals surface area contributed by atoms with Crippen LogP contribution in [-0.4, -0.2) is 21.3 Å². The second kappa shape index (κ2) is 5.53. The second-order valence-electron chi connectivity index (χ2n) is 4.08. The first kappa shape index (κ1) is 12.4. The van der Waals surface area contributed by atoms with Crippen molar-refractivity contribution in [1.29, 1.82) is 0 Å². The van der Waals surface area contributed by atoms with Crippen molar-refractivity contribution in [3.05, 3.63) is 47.0 Å². The minimum atomic E-state index is -0.278. The van der Waals surface area contributed by atoms with Crippen molar-refractivity contribution in [3.8, 4) is 0 Å². The van der Waals surface area contributed by atoms with Crippen LogP contribution in [0, 0.1) is 5.82 Å². The Morgan fingerprint density at radius 3 is 2.94 bits per heavy atom. The number of nitrogens with zero attached hydrogens (tertiary/aromatic N) is 3. The van der Waals surface area contributed by atoms with E-state index in [1.165, 1.54) is 12.1 Å². The van der Waals surface area contributed by atoms with E-state index >= 15 is 0 Å². The van der Waals surface area contributed by atoms with E-state index in [1.54, 1.807) is 10.7 Å². The predicted octanol–water partition coefficient (Wildman–Crippen LogP) is 2.23. The summed E-state index contributed by atoms with van der Waals surface area (Å²) in [6.07, 6.45) is 2.34.